The number of ether oxygens (including phenoxy) is 2. The first-order chi connectivity index (χ1) is 13.7. The average Bonchev–Trinajstić information content (AvgIpc) is 2.73. The normalized spacial score (nSPS) is 12.4. The van der Waals surface area contributed by atoms with Gasteiger partial charge in [0.05, 0.1) is 23.7 Å². The van der Waals surface area contributed by atoms with Crippen LogP contribution in [0.1, 0.15) is 38.8 Å². The maximum atomic E-state index is 11.7. The molecule has 29 heavy (non-hydrogen) atoms. The van der Waals surface area contributed by atoms with Crippen molar-refractivity contribution in [2.45, 2.75) is 33.1 Å². The van der Waals surface area contributed by atoms with E-state index in [9.17, 15) is 9.59 Å². The number of benzene rings is 2. The first-order valence-corrected chi connectivity index (χ1v) is 8.96. The zero-order chi connectivity index (χ0) is 21.6. The minimum atomic E-state index is -0.615. The monoisotopic (exact) mass is 396 g/mol. The summed E-state index contributed by atoms with van der Waals surface area (Å²) in [6.07, 6.45) is 1.42. The lowest BCUT2D eigenvalue weighted by Gasteiger charge is -2.26. The summed E-state index contributed by atoms with van der Waals surface area (Å²) in [7, 11) is 0. The van der Waals surface area contributed by atoms with Gasteiger partial charge < -0.3 is 19.7 Å². The summed E-state index contributed by atoms with van der Waals surface area (Å²) >= 11 is 0. The van der Waals surface area contributed by atoms with Gasteiger partial charge in [-0.1, -0.05) is 38.1 Å². The first kappa shape index (κ1) is 21.8. The number of aliphatic hydroxyl groups excluding tert-OH is 2. The zero-order valence-corrected chi connectivity index (χ0v) is 16.8. The molecular weight excluding hydrogens is 372 g/mol. The molecule has 0 aliphatic heterocycles. The summed E-state index contributed by atoms with van der Waals surface area (Å²) in [6.45, 7) is 7.02. The van der Waals surface area contributed by atoms with Crippen molar-refractivity contribution in [1.82, 2.24) is 0 Å². The predicted octanol–water partition coefficient (Wildman–Crippen LogP) is 4.75. The number of carbonyl (C=O) groups is 2. The van der Waals surface area contributed by atoms with Crippen LogP contribution >= 0.6 is 0 Å². The summed E-state index contributed by atoms with van der Waals surface area (Å²) in [6, 6.07) is 14.2. The summed E-state index contributed by atoms with van der Waals surface area (Å²) < 4.78 is 10.4. The maximum Gasteiger partial charge on any atom is 0.342 e. The number of hydrogen-bond acceptors (Lipinski definition) is 6. The third kappa shape index (κ3) is 5.25. The molecule has 0 atom stereocenters. The molecule has 6 nitrogen and oxygen atoms in total. The van der Waals surface area contributed by atoms with E-state index in [1.54, 1.807) is 24.3 Å². The first-order valence-electron chi connectivity index (χ1n) is 8.96. The van der Waals surface area contributed by atoms with E-state index in [4.69, 9.17) is 19.7 Å². The highest BCUT2D eigenvalue weighted by atomic mass is 16.5. The molecule has 0 fully saturated rings. The van der Waals surface area contributed by atoms with E-state index in [1.165, 1.54) is 13.8 Å². The SMILES string of the molecule is CC(=CO)C(=O)Oc1ccc(C(C)(C)c2ccc(OC(=O)C(C)=CO)cc2)cc1. The Morgan fingerprint density at radius 3 is 1.31 bits per heavy atom. The van der Waals surface area contributed by atoms with E-state index >= 15 is 0 Å². The van der Waals surface area contributed by atoms with E-state index in [0.29, 0.717) is 24.0 Å². The number of rotatable bonds is 6. The molecule has 0 bridgehead atoms. The zero-order valence-electron chi connectivity index (χ0n) is 16.8. The second-order valence-corrected chi connectivity index (χ2v) is 7.08. The molecule has 0 amide bonds. The molecule has 0 saturated carbocycles. The highest BCUT2D eigenvalue weighted by Crippen LogP contribution is 2.33. The third-order valence-corrected chi connectivity index (χ3v) is 4.60. The molecule has 0 unspecified atom stereocenters. The number of carbonyl (C=O) groups excluding carboxylic acids is 2. The van der Waals surface area contributed by atoms with Crippen molar-refractivity contribution < 1.29 is 29.3 Å². The predicted molar refractivity (Wildman–Crippen MR) is 109 cm³/mol. The molecule has 0 radical (unpaired) electrons. The van der Waals surface area contributed by atoms with Gasteiger partial charge in [-0.25, -0.2) is 9.59 Å². The smallest absolute Gasteiger partial charge is 0.342 e. The largest absolute Gasteiger partial charge is 0.515 e. The van der Waals surface area contributed by atoms with Crippen LogP contribution in [0.5, 0.6) is 11.5 Å². The van der Waals surface area contributed by atoms with Crippen LogP contribution < -0.4 is 9.47 Å². The standard InChI is InChI=1S/C23H24O6/c1-15(13-24)21(26)28-19-9-5-17(6-10-19)23(3,4)18-7-11-20(12-8-18)29-22(27)16(2)14-25/h5-14,24-25H,1-4H3. The van der Waals surface area contributed by atoms with Crippen LogP contribution in [0.2, 0.25) is 0 Å². The molecule has 0 aliphatic rings. The Morgan fingerprint density at radius 1 is 0.724 bits per heavy atom. The van der Waals surface area contributed by atoms with Crippen LogP contribution in [0.15, 0.2) is 72.2 Å². The van der Waals surface area contributed by atoms with Gasteiger partial charge in [0, 0.05) is 5.41 Å². The minimum absolute atomic E-state index is 0.111. The molecule has 152 valence electrons. The van der Waals surface area contributed by atoms with Crippen LogP contribution in [0.4, 0.5) is 0 Å². The van der Waals surface area contributed by atoms with Gasteiger partial charge in [0.15, 0.2) is 0 Å². The van der Waals surface area contributed by atoms with Gasteiger partial charge in [-0.05, 0) is 49.2 Å². The van der Waals surface area contributed by atoms with Crippen molar-refractivity contribution in [2.75, 3.05) is 0 Å². The van der Waals surface area contributed by atoms with E-state index in [-0.39, 0.29) is 16.6 Å². The van der Waals surface area contributed by atoms with Crippen LogP contribution in [0.3, 0.4) is 0 Å². The molecule has 2 aromatic rings. The Kier molecular flexibility index (Phi) is 6.83. The molecule has 6 heteroatoms. The van der Waals surface area contributed by atoms with Gasteiger partial charge in [-0.3, -0.25) is 0 Å². The number of esters is 2. The summed E-state index contributed by atoms with van der Waals surface area (Å²) in [5, 5.41) is 17.7. The molecule has 0 aliphatic carbocycles. The van der Waals surface area contributed by atoms with Crippen molar-refractivity contribution in [3.8, 4) is 11.5 Å². The summed E-state index contributed by atoms with van der Waals surface area (Å²) in [5.74, 6) is -0.470. The van der Waals surface area contributed by atoms with Crippen molar-refractivity contribution in [2.24, 2.45) is 0 Å². The van der Waals surface area contributed by atoms with E-state index in [2.05, 4.69) is 0 Å². The Hall–Kier alpha value is -3.54. The van der Waals surface area contributed by atoms with Crippen molar-refractivity contribution in [1.29, 1.82) is 0 Å². The summed E-state index contributed by atoms with van der Waals surface area (Å²) in [5.41, 5.74) is 1.86. The van der Waals surface area contributed by atoms with Gasteiger partial charge in [0.1, 0.15) is 11.5 Å². The Labute approximate surface area is 169 Å². The second kappa shape index (κ2) is 9.10. The van der Waals surface area contributed by atoms with Crippen molar-refractivity contribution >= 4 is 11.9 Å². The second-order valence-electron chi connectivity index (χ2n) is 7.08. The fourth-order valence-corrected chi connectivity index (χ4v) is 2.53. The Bertz CT molecular complexity index is 857. The van der Waals surface area contributed by atoms with Crippen LogP contribution in [-0.4, -0.2) is 22.2 Å². The Morgan fingerprint density at radius 2 is 1.03 bits per heavy atom. The lowest BCUT2D eigenvalue weighted by Crippen LogP contribution is -2.19. The quantitative estimate of drug-likeness (QED) is 0.317. The Balaban J connectivity index is 2.15. The van der Waals surface area contributed by atoms with Crippen molar-refractivity contribution in [3.63, 3.8) is 0 Å². The molecule has 0 heterocycles. The average molecular weight is 396 g/mol. The third-order valence-electron chi connectivity index (χ3n) is 4.60. The van der Waals surface area contributed by atoms with Gasteiger partial charge in [0.25, 0.3) is 0 Å². The fourth-order valence-electron chi connectivity index (χ4n) is 2.53. The molecular formula is C23H24O6. The van der Waals surface area contributed by atoms with Gasteiger partial charge in [-0.2, -0.15) is 0 Å². The van der Waals surface area contributed by atoms with Crippen LogP contribution in [-0.2, 0) is 15.0 Å². The molecule has 0 aromatic heterocycles. The van der Waals surface area contributed by atoms with Gasteiger partial charge >= 0.3 is 11.9 Å². The van der Waals surface area contributed by atoms with Crippen LogP contribution in [0.25, 0.3) is 0 Å². The van der Waals surface area contributed by atoms with Gasteiger partial charge in [-0.15, -0.1) is 0 Å². The minimum Gasteiger partial charge on any atom is -0.515 e. The van der Waals surface area contributed by atoms with E-state index in [0.717, 1.165) is 11.1 Å². The van der Waals surface area contributed by atoms with Gasteiger partial charge in [0.2, 0.25) is 0 Å². The van der Waals surface area contributed by atoms with Crippen LogP contribution in [0, 0.1) is 0 Å². The molecule has 2 aromatic carbocycles. The lowest BCUT2D eigenvalue weighted by atomic mass is 9.78. The number of aliphatic hydroxyl groups is 2. The van der Waals surface area contributed by atoms with Crippen molar-refractivity contribution in [3.05, 3.63) is 83.3 Å². The molecule has 2 rings (SSSR count). The van der Waals surface area contributed by atoms with E-state index < -0.39 is 11.9 Å². The summed E-state index contributed by atoms with van der Waals surface area (Å²) in [4.78, 5) is 23.4. The lowest BCUT2D eigenvalue weighted by molar-refractivity contribution is -0.131. The highest BCUT2D eigenvalue weighted by Gasteiger charge is 2.23. The van der Waals surface area contributed by atoms with E-state index in [1.807, 2.05) is 38.1 Å². The highest BCUT2D eigenvalue weighted by molar-refractivity contribution is 5.89. The fraction of sp³-hybridized carbons (Fsp3) is 0.217. The molecule has 0 saturated heterocycles. The molecule has 2 N–H and O–H groups in total. The number of hydrogen-bond donors (Lipinski definition) is 2. The molecule has 0 spiro atoms. The maximum absolute atomic E-state index is 11.7. The topological polar surface area (TPSA) is 93.1 Å².